The first-order chi connectivity index (χ1) is 5.81. The molecule has 0 atom stereocenters. The van der Waals surface area contributed by atoms with Gasteiger partial charge in [0.15, 0.2) is 0 Å². The highest BCUT2D eigenvalue weighted by Gasteiger charge is 1.97. The zero-order valence-corrected chi connectivity index (χ0v) is 7.64. The second kappa shape index (κ2) is 8.09. The Hall–Kier alpha value is -1.01. The molecule has 0 aliphatic rings. The maximum Gasteiger partial charge on any atom is 0.246 e. The van der Waals surface area contributed by atoms with Crippen LogP contribution in [-0.2, 0) is 9.53 Å². The van der Waals surface area contributed by atoms with Crippen molar-refractivity contribution >= 4 is 5.91 Å². The lowest BCUT2D eigenvalue weighted by Gasteiger charge is -2.01. The van der Waals surface area contributed by atoms with Crippen LogP contribution in [0.3, 0.4) is 0 Å². The molecule has 0 heterocycles. The van der Waals surface area contributed by atoms with E-state index < -0.39 is 0 Å². The normalized spacial score (nSPS) is 8.50. The van der Waals surface area contributed by atoms with Crippen molar-refractivity contribution in [3.05, 3.63) is 0 Å². The summed E-state index contributed by atoms with van der Waals surface area (Å²) >= 11 is 0. The molecule has 0 unspecified atom stereocenters. The first-order valence-electron chi connectivity index (χ1n) is 4.05. The van der Waals surface area contributed by atoms with Crippen LogP contribution in [0.1, 0.15) is 20.3 Å². The van der Waals surface area contributed by atoms with Crippen molar-refractivity contribution in [2.45, 2.75) is 20.3 Å². The minimum Gasteiger partial charge on any atom is -0.372 e. The molecule has 0 spiro atoms. The molecule has 12 heavy (non-hydrogen) atoms. The zero-order chi connectivity index (χ0) is 9.23. The molecule has 3 heteroatoms. The molecule has 0 radical (unpaired) electrons. The number of rotatable bonds is 5. The molecule has 0 saturated heterocycles. The maximum atomic E-state index is 10.9. The van der Waals surface area contributed by atoms with Crippen LogP contribution in [0.4, 0.5) is 0 Å². The van der Waals surface area contributed by atoms with Gasteiger partial charge in [0.1, 0.15) is 6.61 Å². The molecule has 0 aromatic heterocycles. The summed E-state index contributed by atoms with van der Waals surface area (Å²) in [5.74, 6) is 5.31. The summed E-state index contributed by atoms with van der Waals surface area (Å²) in [6, 6.07) is 0. The Kier molecular flexibility index (Phi) is 7.41. The topological polar surface area (TPSA) is 38.3 Å². The Morgan fingerprint density at radius 1 is 1.58 bits per heavy atom. The molecule has 0 aliphatic carbocycles. The van der Waals surface area contributed by atoms with Gasteiger partial charge in [-0.3, -0.25) is 4.79 Å². The van der Waals surface area contributed by atoms with Crippen LogP contribution in [0.25, 0.3) is 0 Å². The zero-order valence-electron chi connectivity index (χ0n) is 7.64. The second-order valence-corrected chi connectivity index (χ2v) is 2.26. The molecular formula is C9H15NO2. The van der Waals surface area contributed by atoms with E-state index in [1.807, 2.05) is 6.92 Å². The molecule has 0 aromatic carbocycles. The third-order valence-corrected chi connectivity index (χ3v) is 1.13. The van der Waals surface area contributed by atoms with E-state index in [2.05, 4.69) is 17.2 Å². The monoisotopic (exact) mass is 169 g/mol. The van der Waals surface area contributed by atoms with Crippen molar-refractivity contribution < 1.29 is 9.53 Å². The Balaban J connectivity index is 3.25. The summed E-state index contributed by atoms with van der Waals surface area (Å²) in [7, 11) is 0. The van der Waals surface area contributed by atoms with Gasteiger partial charge in [-0.15, -0.1) is 5.92 Å². The summed E-state index contributed by atoms with van der Waals surface area (Å²) in [5, 5.41) is 2.60. The van der Waals surface area contributed by atoms with E-state index in [0.29, 0.717) is 13.2 Å². The summed E-state index contributed by atoms with van der Waals surface area (Å²) in [6.07, 6.45) is 0.933. The second-order valence-electron chi connectivity index (χ2n) is 2.26. The van der Waals surface area contributed by atoms with Gasteiger partial charge in [0.05, 0.1) is 6.54 Å². The SMILES string of the molecule is CC#CCNC(=O)COCCC. The van der Waals surface area contributed by atoms with Crippen LogP contribution in [0.2, 0.25) is 0 Å². The molecule has 0 aliphatic heterocycles. The lowest BCUT2D eigenvalue weighted by atomic mass is 10.5. The highest BCUT2D eigenvalue weighted by molar-refractivity contribution is 5.77. The van der Waals surface area contributed by atoms with E-state index in [1.165, 1.54) is 0 Å². The number of carbonyl (C=O) groups excluding carboxylic acids is 1. The first-order valence-corrected chi connectivity index (χ1v) is 4.05. The minimum atomic E-state index is -0.105. The fraction of sp³-hybridized carbons (Fsp3) is 0.667. The third kappa shape index (κ3) is 7.10. The first kappa shape index (κ1) is 11.0. The molecular weight excluding hydrogens is 154 g/mol. The Bertz CT molecular complexity index is 179. The quantitative estimate of drug-likeness (QED) is 0.482. The van der Waals surface area contributed by atoms with E-state index >= 15 is 0 Å². The van der Waals surface area contributed by atoms with Gasteiger partial charge in [-0.1, -0.05) is 12.8 Å². The van der Waals surface area contributed by atoms with Crippen LogP contribution < -0.4 is 5.32 Å². The predicted octanol–water partition coefficient (Wildman–Crippen LogP) is 0.552. The summed E-state index contributed by atoms with van der Waals surface area (Å²) < 4.78 is 5.02. The predicted molar refractivity (Wildman–Crippen MR) is 47.6 cm³/mol. The average Bonchev–Trinajstić information content (AvgIpc) is 2.06. The van der Waals surface area contributed by atoms with Gasteiger partial charge in [0.25, 0.3) is 0 Å². The number of hydrogen-bond donors (Lipinski definition) is 1. The summed E-state index contributed by atoms with van der Waals surface area (Å²) in [5.41, 5.74) is 0. The maximum absolute atomic E-state index is 10.9. The summed E-state index contributed by atoms with van der Waals surface area (Å²) in [6.45, 7) is 4.91. The molecule has 68 valence electrons. The van der Waals surface area contributed by atoms with Crippen LogP contribution >= 0.6 is 0 Å². The average molecular weight is 169 g/mol. The molecule has 0 rings (SSSR count). The van der Waals surface area contributed by atoms with E-state index in [1.54, 1.807) is 6.92 Å². The third-order valence-electron chi connectivity index (χ3n) is 1.13. The van der Waals surface area contributed by atoms with E-state index in [9.17, 15) is 4.79 Å². The van der Waals surface area contributed by atoms with Crippen molar-refractivity contribution in [1.29, 1.82) is 0 Å². The fourth-order valence-corrected chi connectivity index (χ4v) is 0.591. The van der Waals surface area contributed by atoms with Crippen molar-refractivity contribution in [1.82, 2.24) is 5.32 Å². The highest BCUT2D eigenvalue weighted by atomic mass is 16.5. The van der Waals surface area contributed by atoms with E-state index in [0.717, 1.165) is 6.42 Å². The molecule has 0 fully saturated rings. The molecule has 1 N–H and O–H groups in total. The molecule has 3 nitrogen and oxygen atoms in total. The minimum absolute atomic E-state index is 0.105. The van der Waals surface area contributed by atoms with Crippen molar-refractivity contribution in [3.8, 4) is 11.8 Å². The smallest absolute Gasteiger partial charge is 0.246 e. The van der Waals surface area contributed by atoms with Gasteiger partial charge >= 0.3 is 0 Å². The molecule has 0 bridgehead atoms. The molecule has 0 aromatic rings. The number of hydrogen-bond acceptors (Lipinski definition) is 2. The molecule has 1 amide bonds. The van der Waals surface area contributed by atoms with Crippen LogP contribution in [0, 0.1) is 11.8 Å². The lowest BCUT2D eigenvalue weighted by Crippen LogP contribution is -2.27. The van der Waals surface area contributed by atoms with Crippen LogP contribution in [0.15, 0.2) is 0 Å². The largest absolute Gasteiger partial charge is 0.372 e. The lowest BCUT2D eigenvalue weighted by molar-refractivity contribution is -0.125. The van der Waals surface area contributed by atoms with Crippen LogP contribution in [-0.4, -0.2) is 25.7 Å². The van der Waals surface area contributed by atoms with E-state index in [4.69, 9.17) is 4.74 Å². The van der Waals surface area contributed by atoms with E-state index in [-0.39, 0.29) is 12.5 Å². The highest BCUT2D eigenvalue weighted by Crippen LogP contribution is 1.79. The van der Waals surface area contributed by atoms with Crippen LogP contribution in [0.5, 0.6) is 0 Å². The van der Waals surface area contributed by atoms with Crippen molar-refractivity contribution in [3.63, 3.8) is 0 Å². The van der Waals surface area contributed by atoms with Gasteiger partial charge in [0.2, 0.25) is 5.91 Å². The Labute approximate surface area is 73.5 Å². The van der Waals surface area contributed by atoms with Gasteiger partial charge in [-0.2, -0.15) is 0 Å². The van der Waals surface area contributed by atoms with Gasteiger partial charge in [-0.05, 0) is 13.3 Å². The number of nitrogens with one attached hydrogen (secondary N) is 1. The van der Waals surface area contributed by atoms with Gasteiger partial charge < -0.3 is 10.1 Å². The Morgan fingerprint density at radius 3 is 2.92 bits per heavy atom. The molecule has 0 saturated carbocycles. The van der Waals surface area contributed by atoms with Crippen molar-refractivity contribution in [2.24, 2.45) is 0 Å². The fourth-order valence-electron chi connectivity index (χ4n) is 0.591. The number of carbonyl (C=O) groups is 1. The number of amides is 1. The van der Waals surface area contributed by atoms with Gasteiger partial charge in [0, 0.05) is 6.61 Å². The Morgan fingerprint density at radius 2 is 2.33 bits per heavy atom. The van der Waals surface area contributed by atoms with Crippen molar-refractivity contribution in [2.75, 3.05) is 19.8 Å². The van der Waals surface area contributed by atoms with Gasteiger partial charge in [-0.25, -0.2) is 0 Å². The number of ether oxygens (including phenoxy) is 1. The standard InChI is InChI=1S/C9H15NO2/c1-3-5-6-10-9(11)8-12-7-4-2/h4,6-8H2,1-2H3,(H,10,11). The summed E-state index contributed by atoms with van der Waals surface area (Å²) in [4.78, 5) is 10.9.